The van der Waals surface area contributed by atoms with Crippen molar-refractivity contribution in [2.45, 2.75) is 26.3 Å². The molecule has 0 N–H and O–H groups in total. The number of rotatable bonds is 4. The molecule has 2 aromatic rings. The van der Waals surface area contributed by atoms with Gasteiger partial charge < -0.3 is 4.57 Å². The van der Waals surface area contributed by atoms with Gasteiger partial charge >= 0.3 is 0 Å². The number of Topliss-reactive ketones (excluding diaryl/α,β-unsaturated/α-hetero) is 1. The van der Waals surface area contributed by atoms with Crippen molar-refractivity contribution in [3.8, 4) is 11.8 Å². The van der Waals surface area contributed by atoms with Gasteiger partial charge in [0.25, 0.3) is 0 Å². The first-order valence-electron chi connectivity index (χ1n) is 6.23. The van der Waals surface area contributed by atoms with Crippen LogP contribution < -0.4 is 0 Å². The summed E-state index contributed by atoms with van der Waals surface area (Å²) in [7, 11) is 0. The van der Waals surface area contributed by atoms with Crippen molar-refractivity contribution in [1.82, 2.24) is 9.55 Å². The monoisotopic (exact) mass is 252 g/mol. The van der Waals surface area contributed by atoms with Gasteiger partial charge in [0.15, 0.2) is 5.78 Å². The fourth-order valence-electron chi connectivity index (χ4n) is 1.98. The summed E-state index contributed by atoms with van der Waals surface area (Å²) in [6, 6.07) is 10.1. The molecular formula is C16H16N2O. The molecular weight excluding hydrogens is 236 g/mol. The van der Waals surface area contributed by atoms with Crippen molar-refractivity contribution < 1.29 is 4.79 Å². The molecule has 1 atom stereocenters. The van der Waals surface area contributed by atoms with Crippen molar-refractivity contribution in [2.24, 2.45) is 0 Å². The number of aromatic nitrogens is 2. The van der Waals surface area contributed by atoms with E-state index >= 15 is 0 Å². The molecule has 96 valence electrons. The van der Waals surface area contributed by atoms with Crippen LogP contribution in [-0.4, -0.2) is 15.3 Å². The van der Waals surface area contributed by atoms with Gasteiger partial charge in [-0.25, -0.2) is 4.98 Å². The third-order valence-electron chi connectivity index (χ3n) is 3.08. The van der Waals surface area contributed by atoms with Gasteiger partial charge in [0.2, 0.25) is 0 Å². The number of hydrogen-bond acceptors (Lipinski definition) is 2. The zero-order chi connectivity index (χ0) is 13.7. The second-order valence-electron chi connectivity index (χ2n) is 4.30. The maximum absolute atomic E-state index is 12.1. The Hall–Kier alpha value is -2.34. The molecule has 0 unspecified atom stereocenters. The molecule has 2 rings (SSSR count). The van der Waals surface area contributed by atoms with Crippen LogP contribution in [0.1, 0.15) is 42.4 Å². The van der Waals surface area contributed by atoms with Crippen LogP contribution in [0.15, 0.2) is 42.9 Å². The number of nitrogens with zero attached hydrogens (tertiary/aromatic N) is 2. The second kappa shape index (κ2) is 6.01. The standard InChI is InChI=1S/C16H16N2O/c1-3-4-10-16(19)15-11-17-12-18(15)13(2)14-8-6-5-7-9-14/h5-9,11-13H,10H2,1-2H3/t13-/m1/s1. The van der Waals surface area contributed by atoms with E-state index < -0.39 is 0 Å². The summed E-state index contributed by atoms with van der Waals surface area (Å²) in [6.45, 7) is 3.79. The molecule has 1 aromatic heterocycles. The lowest BCUT2D eigenvalue weighted by Crippen LogP contribution is -2.13. The molecule has 0 fully saturated rings. The van der Waals surface area contributed by atoms with Gasteiger partial charge in [-0.1, -0.05) is 36.3 Å². The van der Waals surface area contributed by atoms with Crippen molar-refractivity contribution in [2.75, 3.05) is 0 Å². The zero-order valence-electron chi connectivity index (χ0n) is 11.1. The molecule has 0 aliphatic rings. The van der Waals surface area contributed by atoms with Crippen molar-refractivity contribution in [3.63, 3.8) is 0 Å². The summed E-state index contributed by atoms with van der Waals surface area (Å²) >= 11 is 0. The van der Waals surface area contributed by atoms with Gasteiger partial charge in [-0.3, -0.25) is 4.79 Å². The number of ketones is 1. The molecule has 3 nitrogen and oxygen atoms in total. The molecule has 0 spiro atoms. The first kappa shape index (κ1) is 13.1. The van der Waals surface area contributed by atoms with Crippen LogP contribution in [-0.2, 0) is 0 Å². The molecule has 19 heavy (non-hydrogen) atoms. The summed E-state index contributed by atoms with van der Waals surface area (Å²) in [5.74, 6) is 5.55. The average molecular weight is 252 g/mol. The molecule has 0 amide bonds. The number of hydrogen-bond donors (Lipinski definition) is 0. The Kier molecular flexibility index (Phi) is 4.15. The zero-order valence-corrected chi connectivity index (χ0v) is 11.1. The topological polar surface area (TPSA) is 34.9 Å². The minimum atomic E-state index is 0.00892. The number of carbonyl (C=O) groups excluding carboxylic acids is 1. The van der Waals surface area contributed by atoms with E-state index in [0.29, 0.717) is 5.69 Å². The van der Waals surface area contributed by atoms with Crippen LogP contribution in [0.3, 0.4) is 0 Å². The quantitative estimate of drug-likeness (QED) is 0.619. The Morgan fingerprint density at radius 1 is 1.37 bits per heavy atom. The lowest BCUT2D eigenvalue weighted by Gasteiger charge is -2.16. The Morgan fingerprint density at radius 3 is 2.79 bits per heavy atom. The van der Waals surface area contributed by atoms with Gasteiger partial charge in [-0.15, -0.1) is 5.92 Å². The third-order valence-corrected chi connectivity index (χ3v) is 3.08. The minimum absolute atomic E-state index is 0.00892. The largest absolute Gasteiger partial charge is 0.321 e. The first-order chi connectivity index (χ1) is 9.24. The molecule has 0 radical (unpaired) electrons. The van der Waals surface area contributed by atoms with Crippen molar-refractivity contribution in [3.05, 3.63) is 54.1 Å². The maximum Gasteiger partial charge on any atom is 0.192 e. The normalized spacial score (nSPS) is 11.5. The van der Waals surface area contributed by atoms with E-state index in [2.05, 4.69) is 23.7 Å². The third kappa shape index (κ3) is 2.92. The summed E-state index contributed by atoms with van der Waals surface area (Å²) in [5.41, 5.74) is 1.76. The Balaban J connectivity index is 2.28. The van der Waals surface area contributed by atoms with Crippen LogP contribution in [0, 0.1) is 11.8 Å². The van der Waals surface area contributed by atoms with E-state index in [1.54, 1.807) is 19.4 Å². The van der Waals surface area contributed by atoms with Gasteiger partial charge in [-0.05, 0) is 19.4 Å². The highest BCUT2D eigenvalue weighted by molar-refractivity contribution is 5.96. The van der Waals surface area contributed by atoms with E-state index in [9.17, 15) is 4.79 Å². The molecule has 1 heterocycles. The second-order valence-corrected chi connectivity index (χ2v) is 4.30. The number of carbonyl (C=O) groups is 1. The minimum Gasteiger partial charge on any atom is -0.321 e. The predicted octanol–water partition coefficient (Wildman–Crippen LogP) is 3.09. The SMILES string of the molecule is CC#CCC(=O)c1cncn1[C@H](C)c1ccccc1. The predicted molar refractivity (Wildman–Crippen MR) is 74.9 cm³/mol. The average Bonchev–Trinajstić information content (AvgIpc) is 2.94. The fourth-order valence-corrected chi connectivity index (χ4v) is 1.98. The van der Waals surface area contributed by atoms with Crippen LogP contribution in [0.5, 0.6) is 0 Å². The van der Waals surface area contributed by atoms with E-state index in [-0.39, 0.29) is 18.2 Å². The summed E-state index contributed by atoms with van der Waals surface area (Å²) in [6.07, 6.45) is 3.55. The molecule has 0 bridgehead atoms. The Bertz CT molecular complexity index is 617. The molecule has 0 aliphatic carbocycles. The summed E-state index contributed by atoms with van der Waals surface area (Å²) in [4.78, 5) is 16.1. The highest BCUT2D eigenvalue weighted by Gasteiger charge is 2.15. The van der Waals surface area contributed by atoms with Gasteiger partial charge in [0.1, 0.15) is 5.69 Å². The van der Waals surface area contributed by atoms with E-state index in [1.807, 2.05) is 34.9 Å². The van der Waals surface area contributed by atoms with Gasteiger partial charge in [0, 0.05) is 0 Å². The summed E-state index contributed by atoms with van der Waals surface area (Å²) < 4.78 is 1.90. The fraction of sp³-hybridized carbons (Fsp3) is 0.250. The molecule has 0 saturated heterocycles. The lowest BCUT2D eigenvalue weighted by molar-refractivity contribution is 0.0988. The highest BCUT2D eigenvalue weighted by atomic mass is 16.1. The van der Waals surface area contributed by atoms with Crippen LogP contribution in [0.4, 0.5) is 0 Å². The van der Waals surface area contributed by atoms with E-state index in [0.717, 1.165) is 5.56 Å². The molecule has 0 saturated carbocycles. The Morgan fingerprint density at radius 2 is 2.11 bits per heavy atom. The van der Waals surface area contributed by atoms with Crippen molar-refractivity contribution >= 4 is 5.78 Å². The maximum atomic E-state index is 12.1. The van der Waals surface area contributed by atoms with Crippen molar-refractivity contribution in [1.29, 1.82) is 0 Å². The van der Waals surface area contributed by atoms with Gasteiger partial charge in [-0.2, -0.15) is 0 Å². The van der Waals surface area contributed by atoms with Crippen LogP contribution in [0.2, 0.25) is 0 Å². The molecule has 3 heteroatoms. The summed E-state index contributed by atoms with van der Waals surface area (Å²) in [5, 5.41) is 0. The van der Waals surface area contributed by atoms with Crippen LogP contribution >= 0.6 is 0 Å². The van der Waals surface area contributed by atoms with E-state index in [1.165, 1.54) is 0 Å². The highest BCUT2D eigenvalue weighted by Crippen LogP contribution is 2.19. The van der Waals surface area contributed by atoms with Crippen LogP contribution in [0.25, 0.3) is 0 Å². The van der Waals surface area contributed by atoms with Gasteiger partial charge in [0.05, 0.1) is 25.0 Å². The molecule has 0 aliphatic heterocycles. The number of imidazole rings is 1. The Labute approximate surface area is 113 Å². The molecule has 1 aromatic carbocycles. The first-order valence-corrected chi connectivity index (χ1v) is 6.23. The lowest BCUT2D eigenvalue weighted by atomic mass is 10.1. The number of benzene rings is 1. The smallest absolute Gasteiger partial charge is 0.192 e. The van der Waals surface area contributed by atoms with E-state index in [4.69, 9.17) is 0 Å².